The molecule has 4 aromatic rings. The van der Waals surface area contributed by atoms with Gasteiger partial charge in [0.15, 0.2) is 5.13 Å². The lowest BCUT2D eigenvalue weighted by Gasteiger charge is -2.42. The van der Waals surface area contributed by atoms with Crippen LogP contribution in [0.5, 0.6) is 0 Å². The van der Waals surface area contributed by atoms with Crippen molar-refractivity contribution in [3.8, 4) is 11.1 Å². The first kappa shape index (κ1) is 39.5. The van der Waals surface area contributed by atoms with Crippen LogP contribution in [0.1, 0.15) is 60.8 Å². The third-order valence-electron chi connectivity index (χ3n) is 9.53. The third kappa shape index (κ3) is 8.53. The number of halogens is 2. The van der Waals surface area contributed by atoms with Crippen LogP contribution >= 0.6 is 34.7 Å². The molecule has 4 aliphatic rings. The van der Waals surface area contributed by atoms with Gasteiger partial charge in [0.1, 0.15) is 22.8 Å². The number of ether oxygens (including phenoxy) is 3. The van der Waals surface area contributed by atoms with Crippen molar-refractivity contribution in [1.82, 2.24) is 24.8 Å². The number of anilines is 2. The molecule has 2 unspecified atom stereocenters. The molecule has 13 nitrogen and oxygen atoms in total. The van der Waals surface area contributed by atoms with E-state index < -0.39 is 23.1 Å². The van der Waals surface area contributed by atoms with Crippen LogP contribution in [0.2, 0.25) is 5.02 Å². The molecule has 8 rings (SSSR count). The van der Waals surface area contributed by atoms with E-state index in [1.54, 1.807) is 43.2 Å². The fraction of sp³-hybridized carbons (Fsp3) is 0.553. The fourth-order valence-corrected chi connectivity index (χ4v) is 9.87. The molecule has 2 amide bonds. The van der Waals surface area contributed by atoms with Gasteiger partial charge in [-0.1, -0.05) is 22.9 Å². The number of amides is 2. The second-order valence-corrected chi connectivity index (χ2v) is 18.5. The average Bonchev–Trinajstić information content (AvgIpc) is 3.55. The van der Waals surface area contributed by atoms with Crippen LogP contribution in [0, 0.1) is 5.82 Å². The van der Waals surface area contributed by atoms with Crippen molar-refractivity contribution in [2.75, 3.05) is 55.4 Å². The van der Waals surface area contributed by atoms with Gasteiger partial charge in [-0.05, 0) is 84.8 Å². The lowest BCUT2D eigenvalue weighted by molar-refractivity contribution is 0.0122. The lowest BCUT2D eigenvalue weighted by Crippen LogP contribution is -2.57. The molecule has 0 saturated carbocycles. The Morgan fingerprint density at radius 2 is 1.73 bits per heavy atom. The summed E-state index contributed by atoms with van der Waals surface area (Å²) in [6.45, 7) is 16.2. The van der Waals surface area contributed by atoms with Crippen LogP contribution in [-0.4, -0.2) is 100 Å². The summed E-state index contributed by atoms with van der Waals surface area (Å²) in [6.07, 6.45) is 1.40. The van der Waals surface area contributed by atoms with E-state index in [1.165, 1.54) is 6.07 Å². The molecular weight excluding hydrogens is 769 g/mol. The maximum absolute atomic E-state index is 15.2. The van der Waals surface area contributed by atoms with Gasteiger partial charge in [0.2, 0.25) is 0 Å². The Morgan fingerprint density at radius 3 is 2.35 bits per heavy atom. The Morgan fingerprint density at radius 1 is 1.04 bits per heavy atom. The molecular formula is C38H47ClFN7O6S2. The van der Waals surface area contributed by atoms with Crippen molar-refractivity contribution in [3.05, 3.63) is 39.5 Å². The second-order valence-electron chi connectivity index (χ2n) is 16.0. The Balaban J connectivity index is 0.000000708. The Kier molecular flexibility index (Phi) is 11.3. The first-order chi connectivity index (χ1) is 26.1. The summed E-state index contributed by atoms with van der Waals surface area (Å²) in [4.78, 5) is 53.4. The number of fused-ring (bicyclic) bond motifs is 3. The Labute approximate surface area is 332 Å². The minimum absolute atomic E-state index is 0.0761. The minimum Gasteiger partial charge on any atom is -0.444 e. The number of thioether (sulfide) groups is 1. The summed E-state index contributed by atoms with van der Waals surface area (Å²) >= 11 is 9.78. The van der Waals surface area contributed by atoms with Crippen LogP contribution in [0.3, 0.4) is 0 Å². The van der Waals surface area contributed by atoms with Crippen molar-refractivity contribution in [2.45, 2.75) is 95.5 Å². The molecule has 4 aliphatic heterocycles. The Bertz CT molecular complexity index is 2160. The van der Waals surface area contributed by atoms with Crippen LogP contribution in [0.15, 0.2) is 27.9 Å². The van der Waals surface area contributed by atoms with Gasteiger partial charge < -0.3 is 24.4 Å². The molecule has 296 valence electrons. The van der Waals surface area contributed by atoms with E-state index in [9.17, 15) is 14.4 Å². The number of piperazine rings is 1. The highest BCUT2D eigenvalue weighted by Gasteiger charge is 2.45. The molecule has 17 heteroatoms. The SMILES string of the molecule is C1COCCN1.CC(C)(C)OC(=O)Nc1nc2c(-c3c(Cl)cc4c(N5CC6CCC(C5)N6C(=O)OC(C)(C)C)nc(=O)n5c4c3SCCC5)ccc(F)c2s1. The normalized spacial score (nSPS) is 19.9. The van der Waals surface area contributed by atoms with E-state index in [2.05, 4.69) is 25.5 Å². The molecule has 0 spiro atoms. The van der Waals surface area contributed by atoms with Crippen LogP contribution in [0.4, 0.5) is 24.9 Å². The molecule has 2 aromatic heterocycles. The van der Waals surface area contributed by atoms with Gasteiger partial charge >= 0.3 is 17.9 Å². The van der Waals surface area contributed by atoms with Gasteiger partial charge in [0.05, 0.1) is 46.1 Å². The molecule has 3 fully saturated rings. The number of morpholine rings is 1. The zero-order valence-corrected chi connectivity index (χ0v) is 34.3. The lowest BCUT2D eigenvalue weighted by atomic mass is 10.0. The number of aryl methyl sites for hydroxylation is 1. The third-order valence-corrected chi connectivity index (χ3v) is 12.0. The summed E-state index contributed by atoms with van der Waals surface area (Å²) in [6, 6.07) is 4.69. The summed E-state index contributed by atoms with van der Waals surface area (Å²) in [7, 11) is 0. The molecule has 2 aromatic carbocycles. The van der Waals surface area contributed by atoms with E-state index in [4.69, 9.17) is 25.8 Å². The smallest absolute Gasteiger partial charge is 0.413 e. The quantitative estimate of drug-likeness (QED) is 0.213. The molecule has 6 heterocycles. The number of rotatable bonds is 3. The van der Waals surface area contributed by atoms with Crippen molar-refractivity contribution < 1.29 is 28.2 Å². The number of carbonyl (C=O) groups is 2. The maximum atomic E-state index is 15.2. The van der Waals surface area contributed by atoms with Crippen molar-refractivity contribution in [1.29, 1.82) is 0 Å². The highest BCUT2D eigenvalue weighted by atomic mass is 35.5. The highest BCUT2D eigenvalue weighted by molar-refractivity contribution is 7.99. The van der Waals surface area contributed by atoms with E-state index in [0.29, 0.717) is 47.1 Å². The summed E-state index contributed by atoms with van der Waals surface area (Å²) in [5.74, 6) is 0.785. The molecule has 0 aliphatic carbocycles. The number of nitrogens with zero attached hydrogens (tertiary/aromatic N) is 5. The van der Waals surface area contributed by atoms with Gasteiger partial charge in [-0.15, -0.1) is 11.8 Å². The number of benzene rings is 2. The van der Waals surface area contributed by atoms with Crippen molar-refractivity contribution >= 4 is 79.0 Å². The first-order valence-corrected chi connectivity index (χ1v) is 20.8. The minimum atomic E-state index is -0.719. The zero-order valence-electron chi connectivity index (χ0n) is 31.9. The second kappa shape index (κ2) is 15.7. The average molecular weight is 816 g/mol. The highest BCUT2D eigenvalue weighted by Crippen LogP contribution is 2.48. The molecule has 2 N–H and O–H groups in total. The molecule has 55 heavy (non-hydrogen) atoms. The predicted octanol–water partition coefficient (Wildman–Crippen LogP) is 7.50. The van der Waals surface area contributed by atoms with Gasteiger partial charge in [-0.25, -0.2) is 23.8 Å². The van der Waals surface area contributed by atoms with E-state index >= 15 is 4.39 Å². The van der Waals surface area contributed by atoms with Crippen LogP contribution in [0.25, 0.3) is 32.2 Å². The fourth-order valence-electron chi connectivity index (χ4n) is 7.42. The topological polar surface area (TPSA) is 140 Å². The number of hydrogen-bond donors (Lipinski definition) is 2. The summed E-state index contributed by atoms with van der Waals surface area (Å²) in [5, 5.41) is 7.13. The number of hydrogen-bond acceptors (Lipinski definition) is 12. The van der Waals surface area contributed by atoms with Crippen molar-refractivity contribution in [3.63, 3.8) is 0 Å². The zero-order chi connectivity index (χ0) is 39.2. The standard InChI is InChI=1S/C34H38ClFN6O5S2.C4H9NO/c1-33(2,3)46-31(44)39-29-37-24-19(10-11-22(36)26(24)49-29)23-21(35)14-20-25-27(23)48-13-7-12-41(25)30(43)38-28(20)40-15-17-8-9-18(16-40)42(17)32(45)47-34(4,5)6;1-3-6-4-2-5-1/h10-11,14,17-18H,7-9,12-13,15-16H2,1-6H3,(H,37,39,44);5H,1-4H2. The van der Waals surface area contributed by atoms with Gasteiger partial charge in [0.25, 0.3) is 0 Å². The van der Waals surface area contributed by atoms with Crippen LogP contribution < -0.4 is 21.2 Å². The van der Waals surface area contributed by atoms with Gasteiger partial charge in [-0.2, -0.15) is 4.98 Å². The number of aromatic nitrogens is 3. The van der Waals surface area contributed by atoms with E-state index in [1.807, 2.05) is 31.7 Å². The van der Waals surface area contributed by atoms with Gasteiger partial charge in [-0.3, -0.25) is 14.8 Å². The maximum Gasteiger partial charge on any atom is 0.413 e. The summed E-state index contributed by atoms with van der Waals surface area (Å²) < 4.78 is 33.3. The number of nitrogens with one attached hydrogen (secondary N) is 2. The van der Waals surface area contributed by atoms with Crippen LogP contribution in [-0.2, 0) is 20.8 Å². The first-order valence-electron chi connectivity index (χ1n) is 18.6. The van der Waals surface area contributed by atoms with E-state index in [0.717, 1.165) is 78.5 Å². The largest absolute Gasteiger partial charge is 0.444 e. The van der Waals surface area contributed by atoms with E-state index in [-0.39, 0.29) is 33.7 Å². The van der Waals surface area contributed by atoms with Crippen molar-refractivity contribution in [2.24, 2.45) is 0 Å². The number of carbonyl (C=O) groups excluding carboxylic acids is 2. The number of thiazole rings is 1. The predicted molar refractivity (Wildman–Crippen MR) is 216 cm³/mol. The Hall–Kier alpha value is -3.70. The molecule has 3 saturated heterocycles. The molecule has 2 bridgehead atoms. The monoisotopic (exact) mass is 815 g/mol. The molecule has 0 radical (unpaired) electrons. The van der Waals surface area contributed by atoms with Gasteiger partial charge in [0, 0.05) is 54.1 Å². The summed E-state index contributed by atoms with van der Waals surface area (Å²) in [5.41, 5.74) is 0.611. The molecule has 2 atom stereocenters.